The number of carbonyl (C=O) groups excluding carboxylic acids is 2. The van der Waals surface area contributed by atoms with Gasteiger partial charge in [-0.05, 0) is 61.4 Å². The molecule has 1 saturated carbocycles. The Morgan fingerprint density at radius 2 is 1.82 bits per heavy atom. The number of carbonyl (C=O) groups is 2. The summed E-state index contributed by atoms with van der Waals surface area (Å²) in [4.78, 5) is 32.5. The van der Waals surface area contributed by atoms with E-state index in [2.05, 4.69) is 17.1 Å². The van der Waals surface area contributed by atoms with Crippen molar-refractivity contribution in [1.29, 1.82) is 0 Å². The zero-order valence-electron chi connectivity index (χ0n) is 18.6. The van der Waals surface area contributed by atoms with Crippen LogP contribution in [0.15, 0.2) is 36.5 Å². The normalized spacial score (nSPS) is 24.9. The molecule has 0 radical (unpaired) electrons. The number of piperazine rings is 1. The number of anilines is 1. The van der Waals surface area contributed by atoms with E-state index in [4.69, 9.17) is 0 Å². The highest BCUT2D eigenvalue weighted by Crippen LogP contribution is 2.39. The number of hydrogen-bond donors (Lipinski definition) is 0. The molecule has 9 heteroatoms. The first-order chi connectivity index (χ1) is 15.9. The lowest BCUT2D eigenvalue weighted by molar-refractivity contribution is -0.171. The number of amides is 2. The molecule has 1 aromatic carbocycles. The van der Waals surface area contributed by atoms with Crippen LogP contribution in [-0.2, 0) is 16.1 Å². The fraction of sp³-hybridized carbons (Fsp3) is 0.500. The van der Waals surface area contributed by atoms with Gasteiger partial charge in [0, 0.05) is 18.8 Å². The van der Waals surface area contributed by atoms with E-state index in [1.165, 1.54) is 6.07 Å². The summed E-state index contributed by atoms with van der Waals surface area (Å²) in [6.45, 7) is 2.87. The molecular formula is C24H27F2N5O2. The van der Waals surface area contributed by atoms with Gasteiger partial charge in [-0.25, -0.2) is 8.78 Å². The Labute approximate surface area is 191 Å². The van der Waals surface area contributed by atoms with Crippen LogP contribution in [-0.4, -0.2) is 63.0 Å². The molecular weight excluding hydrogens is 428 g/mol. The van der Waals surface area contributed by atoms with E-state index in [9.17, 15) is 18.4 Å². The van der Waals surface area contributed by atoms with Crippen molar-refractivity contribution in [3.05, 3.63) is 53.7 Å². The summed E-state index contributed by atoms with van der Waals surface area (Å²) < 4.78 is 27.3. The Bertz CT molecular complexity index is 1050. The molecule has 3 fully saturated rings. The second kappa shape index (κ2) is 8.35. The first-order valence-electron chi connectivity index (χ1n) is 11.5. The molecule has 0 unspecified atom stereocenters. The van der Waals surface area contributed by atoms with Crippen LogP contribution in [0.4, 0.5) is 14.6 Å². The minimum Gasteiger partial charge on any atom is -0.349 e. The molecule has 1 aliphatic carbocycles. The third-order valence-electron chi connectivity index (χ3n) is 7.32. The quantitative estimate of drug-likeness (QED) is 0.709. The van der Waals surface area contributed by atoms with E-state index in [1.807, 2.05) is 11.0 Å². The smallest absolute Gasteiger partial charge is 0.252 e. The number of hydrogen-bond acceptors (Lipinski definition) is 5. The summed E-state index contributed by atoms with van der Waals surface area (Å²) in [6, 6.07) is 7.25. The molecule has 1 aromatic heterocycles. The summed E-state index contributed by atoms with van der Waals surface area (Å²) in [5.74, 6) is -0.873. The van der Waals surface area contributed by atoms with E-state index >= 15 is 0 Å². The number of nitrogens with zero attached hydrogens (tertiary/aromatic N) is 5. The van der Waals surface area contributed by atoms with Crippen LogP contribution < -0.4 is 4.90 Å². The molecule has 1 spiro atoms. The summed E-state index contributed by atoms with van der Waals surface area (Å²) >= 11 is 0. The first kappa shape index (κ1) is 21.7. The van der Waals surface area contributed by atoms with Gasteiger partial charge in [0.25, 0.3) is 5.91 Å². The van der Waals surface area contributed by atoms with Crippen LogP contribution in [0, 0.1) is 17.6 Å². The predicted molar refractivity (Wildman–Crippen MR) is 117 cm³/mol. The maximum atomic E-state index is 13.9. The molecule has 33 heavy (non-hydrogen) atoms. The van der Waals surface area contributed by atoms with Crippen LogP contribution in [0.1, 0.15) is 38.2 Å². The van der Waals surface area contributed by atoms with Gasteiger partial charge in [-0.2, -0.15) is 5.10 Å². The van der Waals surface area contributed by atoms with Gasteiger partial charge < -0.3 is 14.7 Å². The highest BCUT2D eigenvalue weighted by molar-refractivity contribution is 6.00. The molecule has 5 rings (SSSR count). The molecule has 0 bridgehead atoms. The van der Waals surface area contributed by atoms with Crippen molar-refractivity contribution in [3.63, 3.8) is 0 Å². The summed E-state index contributed by atoms with van der Waals surface area (Å²) in [5, 5.41) is 8.04. The fourth-order valence-corrected chi connectivity index (χ4v) is 5.35. The number of rotatable bonds is 4. The average molecular weight is 456 g/mol. The SMILES string of the molecule is C[C@H]1CC[C@H](N2CC(=O)N(Cc3ccc(F)c(F)c3)C3(CN(c4cccnn4)C3)C2=O)CC1. The number of aromatic nitrogens is 2. The molecule has 0 atom stereocenters. The third-order valence-corrected chi connectivity index (χ3v) is 7.32. The summed E-state index contributed by atoms with van der Waals surface area (Å²) in [6.07, 6.45) is 5.45. The Morgan fingerprint density at radius 3 is 2.48 bits per heavy atom. The van der Waals surface area contributed by atoms with Gasteiger partial charge in [-0.1, -0.05) is 13.0 Å². The van der Waals surface area contributed by atoms with E-state index < -0.39 is 17.2 Å². The number of benzene rings is 1. The highest BCUT2D eigenvalue weighted by Gasteiger charge is 2.60. The number of halogens is 2. The van der Waals surface area contributed by atoms with Crippen LogP contribution in [0.25, 0.3) is 0 Å². The van der Waals surface area contributed by atoms with E-state index in [1.54, 1.807) is 22.1 Å². The van der Waals surface area contributed by atoms with E-state index in [0.29, 0.717) is 30.4 Å². The van der Waals surface area contributed by atoms with E-state index in [0.717, 1.165) is 37.8 Å². The van der Waals surface area contributed by atoms with Gasteiger partial charge in [0.05, 0.1) is 13.1 Å². The van der Waals surface area contributed by atoms with E-state index in [-0.39, 0.29) is 30.9 Å². The minimum absolute atomic E-state index is 0.0223. The van der Waals surface area contributed by atoms with Gasteiger partial charge in [-0.15, -0.1) is 5.10 Å². The summed E-state index contributed by atoms with van der Waals surface area (Å²) in [7, 11) is 0. The topological polar surface area (TPSA) is 69.6 Å². The van der Waals surface area contributed by atoms with Crippen molar-refractivity contribution < 1.29 is 18.4 Å². The second-order valence-electron chi connectivity index (χ2n) is 9.54. The van der Waals surface area contributed by atoms with Crippen molar-refractivity contribution in [3.8, 4) is 0 Å². The zero-order chi connectivity index (χ0) is 23.2. The van der Waals surface area contributed by atoms with Crippen molar-refractivity contribution in [1.82, 2.24) is 20.0 Å². The molecule has 2 aliphatic heterocycles. The van der Waals surface area contributed by atoms with Crippen LogP contribution >= 0.6 is 0 Å². The largest absolute Gasteiger partial charge is 0.349 e. The first-order valence-corrected chi connectivity index (χ1v) is 11.5. The monoisotopic (exact) mass is 455 g/mol. The lowest BCUT2D eigenvalue weighted by atomic mass is 9.80. The molecule has 2 saturated heterocycles. The molecule has 174 valence electrons. The summed E-state index contributed by atoms with van der Waals surface area (Å²) in [5.41, 5.74) is -0.604. The Balaban J connectivity index is 1.44. The van der Waals surface area contributed by atoms with Gasteiger partial charge in [0.1, 0.15) is 6.54 Å². The molecule has 3 heterocycles. The van der Waals surface area contributed by atoms with Crippen LogP contribution in [0.3, 0.4) is 0 Å². The fourth-order valence-electron chi connectivity index (χ4n) is 5.35. The maximum absolute atomic E-state index is 13.9. The lowest BCUT2D eigenvalue weighted by Gasteiger charge is -2.59. The second-order valence-corrected chi connectivity index (χ2v) is 9.54. The van der Waals surface area contributed by atoms with Crippen molar-refractivity contribution in [2.45, 2.75) is 50.7 Å². The van der Waals surface area contributed by atoms with Gasteiger partial charge in [0.2, 0.25) is 5.91 Å². The van der Waals surface area contributed by atoms with Crippen LogP contribution in [0.5, 0.6) is 0 Å². The van der Waals surface area contributed by atoms with Gasteiger partial charge in [0.15, 0.2) is 23.0 Å². The molecule has 2 amide bonds. The predicted octanol–water partition coefficient (Wildman–Crippen LogP) is 2.76. The molecule has 0 N–H and O–H groups in total. The van der Waals surface area contributed by atoms with Gasteiger partial charge in [-0.3, -0.25) is 9.59 Å². The third kappa shape index (κ3) is 3.83. The standard InChI is InChI=1S/C24H27F2N5O2/c1-16-4-7-18(8-5-16)30-13-22(32)31(12-17-6-9-19(25)20(26)11-17)24(23(30)33)14-29(15-24)21-3-2-10-27-28-21/h2-3,6,9-11,16,18H,4-5,7-8,12-15H2,1H3/t16-,18-. The minimum atomic E-state index is -1.05. The maximum Gasteiger partial charge on any atom is 0.252 e. The Morgan fingerprint density at radius 1 is 1.06 bits per heavy atom. The average Bonchev–Trinajstić information content (AvgIpc) is 2.79. The van der Waals surface area contributed by atoms with Crippen molar-refractivity contribution in [2.75, 3.05) is 24.5 Å². The van der Waals surface area contributed by atoms with Crippen molar-refractivity contribution in [2.24, 2.45) is 5.92 Å². The van der Waals surface area contributed by atoms with Crippen molar-refractivity contribution >= 4 is 17.6 Å². The highest BCUT2D eigenvalue weighted by atomic mass is 19.2. The molecule has 7 nitrogen and oxygen atoms in total. The molecule has 2 aromatic rings. The van der Waals surface area contributed by atoms with Gasteiger partial charge >= 0.3 is 0 Å². The Hall–Kier alpha value is -3.10. The zero-order valence-corrected chi connectivity index (χ0v) is 18.6. The lowest BCUT2D eigenvalue weighted by Crippen LogP contribution is -2.81. The van der Waals surface area contributed by atoms with Crippen LogP contribution in [0.2, 0.25) is 0 Å². The Kier molecular flexibility index (Phi) is 5.50. The molecule has 3 aliphatic rings.